The number of aliphatic hydroxyl groups is 1. The third-order valence-corrected chi connectivity index (χ3v) is 5.23. The van der Waals surface area contributed by atoms with Gasteiger partial charge in [-0.15, -0.1) is 0 Å². The van der Waals surface area contributed by atoms with Crippen LogP contribution in [0.2, 0.25) is 0 Å². The van der Waals surface area contributed by atoms with Gasteiger partial charge in [-0.3, -0.25) is 4.90 Å². The van der Waals surface area contributed by atoms with Crippen molar-refractivity contribution in [2.75, 3.05) is 32.9 Å². The Balaban J connectivity index is 1.44. The molecule has 1 aromatic rings. The maximum absolute atomic E-state index is 10.3. The van der Waals surface area contributed by atoms with Crippen LogP contribution in [0, 0.1) is 0 Å². The molecule has 0 saturated carbocycles. The fraction of sp³-hybridized carbons (Fsp3) is 0.667. The number of halogens is 1. The number of likely N-dealkylation sites (tertiary alicyclic amines) is 1. The molecule has 0 aliphatic carbocycles. The van der Waals surface area contributed by atoms with Crippen LogP contribution in [0.5, 0.6) is 0 Å². The van der Waals surface area contributed by atoms with Crippen LogP contribution in [0.1, 0.15) is 37.3 Å². The number of rotatable bonds is 7. The Morgan fingerprint density at radius 1 is 1.26 bits per heavy atom. The smallest absolute Gasteiger partial charge is 0.0900 e. The third kappa shape index (κ3) is 5.00. The van der Waals surface area contributed by atoms with E-state index >= 15 is 0 Å². The summed E-state index contributed by atoms with van der Waals surface area (Å²) in [5, 5.41) is 10.3. The van der Waals surface area contributed by atoms with Gasteiger partial charge in [-0.25, -0.2) is 0 Å². The summed E-state index contributed by atoms with van der Waals surface area (Å²) in [5.41, 5.74) is 1.33. The molecular formula is C18H26BrNO3. The number of benzene rings is 1. The number of aliphatic hydroxyl groups excluding tert-OH is 1. The minimum absolute atomic E-state index is 0.226. The van der Waals surface area contributed by atoms with Crippen LogP contribution in [0.25, 0.3) is 0 Å². The van der Waals surface area contributed by atoms with Crippen LogP contribution in [0.15, 0.2) is 28.7 Å². The lowest BCUT2D eigenvalue weighted by molar-refractivity contribution is -0.0261. The lowest BCUT2D eigenvalue weighted by atomic mass is 10.0. The van der Waals surface area contributed by atoms with E-state index in [1.54, 1.807) is 0 Å². The number of β-amino-alcohol motifs (C(OH)–C–C–N with tert-alkyl or cyclic N) is 1. The molecule has 2 aliphatic heterocycles. The van der Waals surface area contributed by atoms with Gasteiger partial charge in [-0.1, -0.05) is 28.1 Å². The minimum atomic E-state index is -0.438. The summed E-state index contributed by atoms with van der Waals surface area (Å²) in [7, 11) is 0. The summed E-state index contributed by atoms with van der Waals surface area (Å²) in [4.78, 5) is 2.38. The van der Waals surface area contributed by atoms with Gasteiger partial charge in [0.15, 0.2) is 0 Å². The Hall–Kier alpha value is -0.460. The van der Waals surface area contributed by atoms with E-state index in [0.717, 1.165) is 36.9 Å². The monoisotopic (exact) mass is 383 g/mol. The Labute approximate surface area is 146 Å². The van der Waals surface area contributed by atoms with E-state index in [9.17, 15) is 5.11 Å². The van der Waals surface area contributed by atoms with Gasteiger partial charge < -0.3 is 14.6 Å². The average Bonchev–Trinajstić information content (AvgIpc) is 3.20. The summed E-state index contributed by atoms with van der Waals surface area (Å²) in [6, 6.07) is 8.94. The highest BCUT2D eigenvalue weighted by atomic mass is 79.9. The molecule has 1 aromatic carbocycles. The summed E-state index contributed by atoms with van der Waals surface area (Å²) >= 11 is 3.49. The van der Waals surface area contributed by atoms with Gasteiger partial charge in [0.1, 0.15) is 0 Å². The van der Waals surface area contributed by atoms with Gasteiger partial charge >= 0.3 is 0 Å². The van der Waals surface area contributed by atoms with Gasteiger partial charge in [0.05, 0.1) is 25.4 Å². The van der Waals surface area contributed by atoms with Gasteiger partial charge in [0.2, 0.25) is 0 Å². The molecule has 0 bridgehead atoms. The van der Waals surface area contributed by atoms with Crippen molar-refractivity contribution in [1.29, 1.82) is 0 Å². The molecule has 0 unspecified atom stereocenters. The van der Waals surface area contributed by atoms with Gasteiger partial charge in [-0.2, -0.15) is 0 Å². The number of ether oxygens (including phenoxy) is 2. The molecule has 0 aromatic heterocycles. The molecular weight excluding hydrogens is 358 g/mol. The predicted molar refractivity (Wildman–Crippen MR) is 93.5 cm³/mol. The lowest BCUT2D eigenvalue weighted by Crippen LogP contribution is -2.35. The van der Waals surface area contributed by atoms with Crippen molar-refractivity contribution in [3.05, 3.63) is 34.3 Å². The van der Waals surface area contributed by atoms with E-state index < -0.39 is 6.10 Å². The highest BCUT2D eigenvalue weighted by Gasteiger charge is 2.27. The van der Waals surface area contributed by atoms with Crippen molar-refractivity contribution < 1.29 is 14.6 Å². The molecule has 2 aliphatic rings. The Bertz CT molecular complexity index is 476. The largest absolute Gasteiger partial charge is 0.389 e. The molecule has 3 rings (SSSR count). The van der Waals surface area contributed by atoms with E-state index in [-0.39, 0.29) is 6.10 Å². The normalized spacial score (nSPS) is 26.7. The van der Waals surface area contributed by atoms with E-state index in [2.05, 4.69) is 45.1 Å². The first-order chi connectivity index (χ1) is 11.2. The van der Waals surface area contributed by atoms with Crippen molar-refractivity contribution in [2.24, 2.45) is 0 Å². The van der Waals surface area contributed by atoms with Crippen LogP contribution >= 0.6 is 15.9 Å². The van der Waals surface area contributed by atoms with Gasteiger partial charge in [0.25, 0.3) is 0 Å². The fourth-order valence-electron chi connectivity index (χ4n) is 3.54. The van der Waals surface area contributed by atoms with Crippen molar-refractivity contribution in [1.82, 2.24) is 4.90 Å². The predicted octanol–water partition coefficient (Wildman–Crippen LogP) is 3.14. The highest BCUT2D eigenvalue weighted by Crippen LogP contribution is 2.32. The van der Waals surface area contributed by atoms with Crippen LogP contribution in [-0.2, 0) is 9.47 Å². The fourth-order valence-corrected chi connectivity index (χ4v) is 3.81. The quantitative estimate of drug-likeness (QED) is 0.785. The molecule has 0 radical (unpaired) electrons. The van der Waals surface area contributed by atoms with Crippen molar-refractivity contribution >= 4 is 15.9 Å². The molecule has 2 saturated heterocycles. The maximum Gasteiger partial charge on any atom is 0.0900 e. The van der Waals surface area contributed by atoms with Crippen molar-refractivity contribution in [2.45, 2.75) is 43.9 Å². The molecule has 0 amide bonds. The molecule has 2 fully saturated rings. The Morgan fingerprint density at radius 3 is 2.83 bits per heavy atom. The molecule has 0 spiro atoms. The highest BCUT2D eigenvalue weighted by molar-refractivity contribution is 9.10. The first kappa shape index (κ1) is 17.4. The topological polar surface area (TPSA) is 41.9 Å². The number of hydrogen-bond donors (Lipinski definition) is 1. The van der Waals surface area contributed by atoms with E-state index in [4.69, 9.17) is 9.47 Å². The Morgan fingerprint density at radius 2 is 2.09 bits per heavy atom. The second-order valence-corrected chi connectivity index (χ2v) is 7.45. The summed E-state index contributed by atoms with van der Waals surface area (Å²) in [6.07, 6.45) is 4.33. The van der Waals surface area contributed by atoms with Crippen LogP contribution in [0.3, 0.4) is 0 Å². The first-order valence-corrected chi connectivity index (χ1v) is 9.38. The van der Waals surface area contributed by atoms with Gasteiger partial charge in [-0.05, 0) is 49.9 Å². The minimum Gasteiger partial charge on any atom is -0.389 e. The Kier molecular flexibility index (Phi) is 6.48. The van der Waals surface area contributed by atoms with Crippen molar-refractivity contribution in [3.63, 3.8) is 0 Å². The molecule has 2 heterocycles. The van der Waals surface area contributed by atoms with Gasteiger partial charge in [0, 0.05) is 23.7 Å². The molecule has 23 heavy (non-hydrogen) atoms. The molecule has 4 nitrogen and oxygen atoms in total. The zero-order chi connectivity index (χ0) is 16.1. The van der Waals surface area contributed by atoms with Crippen LogP contribution in [0.4, 0.5) is 0 Å². The molecule has 128 valence electrons. The van der Waals surface area contributed by atoms with Crippen molar-refractivity contribution in [3.8, 4) is 0 Å². The number of hydrogen-bond acceptors (Lipinski definition) is 4. The number of nitrogens with zero attached hydrogens (tertiary/aromatic N) is 1. The lowest BCUT2D eigenvalue weighted by Gasteiger charge is -2.27. The van der Waals surface area contributed by atoms with E-state index in [1.807, 2.05) is 0 Å². The van der Waals surface area contributed by atoms with Crippen LogP contribution < -0.4 is 0 Å². The van der Waals surface area contributed by atoms with E-state index in [0.29, 0.717) is 25.8 Å². The van der Waals surface area contributed by atoms with Crippen LogP contribution in [-0.4, -0.2) is 55.1 Å². The van der Waals surface area contributed by atoms with E-state index in [1.165, 1.54) is 12.0 Å². The second-order valence-electron chi connectivity index (χ2n) is 6.53. The molecule has 3 atom stereocenters. The maximum atomic E-state index is 10.3. The third-order valence-electron chi connectivity index (χ3n) is 4.70. The SMILES string of the molecule is O[C@@H](COC[C@H]1CCCO1)CN1CCC[C@@H]1c1ccc(Br)cc1. The molecule has 1 N–H and O–H groups in total. The summed E-state index contributed by atoms with van der Waals surface area (Å²) < 4.78 is 12.3. The summed E-state index contributed by atoms with van der Waals surface area (Å²) in [5.74, 6) is 0. The first-order valence-electron chi connectivity index (χ1n) is 8.59. The zero-order valence-electron chi connectivity index (χ0n) is 13.5. The second kappa shape index (κ2) is 8.58. The summed E-state index contributed by atoms with van der Waals surface area (Å²) in [6.45, 7) is 3.56. The zero-order valence-corrected chi connectivity index (χ0v) is 15.1. The average molecular weight is 384 g/mol. The molecule has 5 heteroatoms. The standard InChI is InChI=1S/C18H26BrNO3/c19-15-7-5-14(6-8-15)18-4-1-9-20(18)11-16(21)12-22-13-17-3-2-10-23-17/h5-8,16-18,21H,1-4,9-13H2/t16-,17-,18-/m1/s1.